The number of thioether (sulfide) groups is 1. The highest BCUT2D eigenvalue weighted by atomic mass is 127. The molecule has 0 aliphatic heterocycles. The van der Waals surface area contributed by atoms with Crippen LogP contribution in [0.25, 0.3) is 0 Å². The van der Waals surface area contributed by atoms with E-state index in [2.05, 4.69) is 37.9 Å². The molecule has 0 bridgehead atoms. The zero-order valence-electron chi connectivity index (χ0n) is 11.6. The van der Waals surface area contributed by atoms with Gasteiger partial charge in [-0.1, -0.05) is 12.1 Å². The zero-order valence-corrected chi connectivity index (χ0v) is 14.5. The molecule has 1 aliphatic rings. The topological polar surface area (TPSA) is 37.8 Å². The normalized spacial score (nSPS) is 14.2. The first-order chi connectivity index (χ1) is 10.2. The molecule has 110 valence electrons. The number of halogens is 2. The van der Waals surface area contributed by atoms with Crippen molar-refractivity contribution in [3.8, 4) is 0 Å². The van der Waals surface area contributed by atoms with E-state index < -0.39 is 0 Å². The Morgan fingerprint density at radius 3 is 2.76 bits per heavy atom. The number of hydrogen-bond donors (Lipinski definition) is 1. The molecule has 3 nitrogen and oxygen atoms in total. The fraction of sp³-hybridized carbons (Fsp3) is 0.333. The van der Waals surface area contributed by atoms with E-state index in [4.69, 9.17) is 0 Å². The van der Waals surface area contributed by atoms with Crippen molar-refractivity contribution in [1.29, 1.82) is 0 Å². The molecule has 0 spiro atoms. The van der Waals surface area contributed by atoms with E-state index in [1.807, 2.05) is 13.1 Å². The Bertz CT molecular complexity index is 661. The van der Waals surface area contributed by atoms with Crippen LogP contribution in [0.15, 0.2) is 29.2 Å². The predicted octanol–water partition coefficient (Wildman–Crippen LogP) is 4.43. The fourth-order valence-electron chi connectivity index (χ4n) is 2.07. The van der Waals surface area contributed by atoms with Crippen LogP contribution in [-0.2, 0) is 5.75 Å². The maximum atomic E-state index is 13.6. The molecule has 0 radical (unpaired) electrons. The molecule has 1 aromatic carbocycles. The smallest absolute Gasteiger partial charge is 0.143 e. The summed E-state index contributed by atoms with van der Waals surface area (Å²) < 4.78 is 14.8. The molecule has 1 aliphatic carbocycles. The van der Waals surface area contributed by atoms with Gasteiger partial charge >= 0.3 is 0 Å². The second-order valence-electron chi connectivity index (χ2n) is 4.93. The summed E-state index contributed by atoms with van der Waals surface area (Å²) in [5, 5.41) is 3.13. The Balaban J connectivity index is 1.82. The molecule has 1 N–H and O–H groups in total. The highest BCUT2D eigenvalue weighted by molar-refractivity contribution is 14.1. The lowest BCUT2D eigenvalue weighted by Gasteiger charge is -2.10. The Kier molecular flexibility index (Phi) is 4.63. The number of nitrogens with zero attached hydrogens (tertiary/aromatic N) is 2. The predicted molar refractivity (Wildman–Crippen MR) is 92.2 cm³/mol. The molecular formula is C15H15FIN3S. The van der Waals surface area contributed by atoms with E-state index in [1.165, 1.54) is 30.7 Å². The van der Waals surface area contributed by atoms with Crippen molar-refractivity contribution in [2.24, 2.45) is 0 Å². The second kappa shape index (κ2) is 6.48. The minimum Gasteiger partial charge on any atom is -0.372 e. The van der Waals surface area contributed by atoms with Crippen molar-refractivity contribution < 1.29 is 4.39 Å². The van der Waals surface area contributed by atoms with Gasteiger partial charge in [0.1, 0.15) is 17.5 Å². The lowest BCUT2D eigenvalue weighted by Crippen LogP contribution is -2.06. The van der Waals surface area contributed by atoms with E-state index in [0.717, 1.165) is 20.9 Å². The van der Waals surface area contributed by atoms with Crippen LogP contribution in [0.1, 0.15) is 30.3 Å². The molecule has 0 saturated heterocycles. The number of nitrogens with one attached hydrogen (secondary N) is 1. The van der Waals surface area contributed by atoms with Gasteiger partial charge in [0, 0.05) is 17.9 Å². The molecule has 1 saturated carbocycles. The van der Waals surface area contributed by atoms with Crippen LogP contribution in [0.5, 0.6) is 0 Å². The maximum absolute atomic E-state index is 13.6. The van der Waals surface area contributed by atoms with Crippen molar-refractivity contribution in [3.05, 3.63) is 45.2 Å². The molecule has 0 unspecified atom stereocenters. The molecule has 2 aromatic rings. The third-order valence-electron chi connectivity index (χ3n) is 3.32. The highest BCUT2D eigenvalue weighted by Gasteiger charge is 2.29. The molecule has 21 heavy (non-hydrogen) atoms. The highest BCUT2D eigenvalue weighted by Crippen LogP contribution is 2.42. The van der Waals surface area contributed by atoms with Crippen LogP contribution in [0.2, 0.25) is 0 Å². The van der Waals surface area contributed by atoms with E-state index >= 15 is 0 Å². The average Bonchev–Trinajstić information content (AvgIpc) is 3.32. The molecule has 3 rings (SSSR count). The van der Waals surface area contributed by atoms with Crippen molar-refractivity contribution >= 4 is 40.2 Å². The summed E-state index contributed by atoms with van der Waals surface area (Å²) in [6.45, 7) is 0. The third-order valence-corrected chi connectivity index (χ3v) is 5.43. The second-order valence-corrected chi connectivity index (χ2v) is 7.03. The van der Waals surface area contributed by atoms with Crippen LogP contribution < -0.4 is 5.32 Å². The van der Waals surface area contributed by atoms with Crippen molar-refractivity contribution in [2.45, 2.75) is 29.4 Å². The van der Waals surface area contributed by atoms with Gasteiger partial charge < -0.3 is 5.32 Å². The van der Waals surface area contributed by atoms with Crippen LogP contribution in [0.3, 0.4) is 0 Å². The van der Waals surface area contributed by atoms with E-state index in [9.17, 15) is 4.39 Å². The van der Waals surface area contributed by atoms with Gasteiger partial charge in [0.15, 0.2) is 0 Å². The first kappa shape index (κ1) is 15.0. The number of hydrogen-bond acceptors (Lipinski definition) is 4. The Labute approximate surface area is 141 Å². The number of benzene rings is 1. The third kappa shape index (κ3) is 3.48. The van der Waals surface area contributed by atoms with Crippen molar-refractivity contribution in [3.63, 3.8) is 0 Å². The lowest BCUT2D eigenvalue weighted by molar-refractivity contribution is 0.602. The van der Waals surface area contributed by atoms with Crippen molar-refractivity contribution in [2.75, 3.05) is 12.4 Å². The van der Waals surface area contributed by atoms with Crippen LogP contribution in [0.4, 0.5) is 10.2 Å². The molecular weight excluding hydrogens is 400 g/mol. The van der Waals surface area contributed by atoms with Gasteiger partial charge in [0.25, 0.3) is 0 Å². The van der Waals surface area contributed by atoms with Crippen LogP contribution in [0, 0.1) is 9.39 Å². The summed E-state index contributed by atoms with van der Waals surface area (Å²) in [5.41, 5.74) is 1.14. The van der Waals surface area contributed by atoms with E-state index in [-0.39, 0.29) is 5.82 Å². The fourth-order valence-corrected chi connectivity index (χ4v) is 3.82. The molecule has 0 amide bonds. The van der Waals surface area contributed by atoms with Gasteiger partial charge in [0.2, 0.25) is 0 Å². The Morgan fingerprint density at radius 2 is 2.10 bits per heavy atom. The summed E-state index contributed by atoms with van der Waals surface area (Å²) in [6.07, 6.45) is 2.41. The first-order valence-electron chi connectivity index (χ1n) is 6.80. The standard InChI is InChI=1S/C15H15FIN3S/c1-18-15-13(17)14(9-6-7-9)19-12(20-15)8-21-11-5-3-2-4-10(11)16/h2-5,9H,6-8H2,1H3,(H,18,19,20). The lowest BCUT2D eigenvalue weighted by atomic mass is 10.2. The SMILES string of the molecule is CNc1nc(CSc2ccccc2F)nc(C2CC2)c1I. The Morgan fingerprint density at radius 1 is 1.33 bits per heavy atom. The monoisotopic (exact) mass is 415 g/mol. The van der Waals surface area contributed by atoms with Crippen LogP contribution in [-0.4, -0.2) is 17.0 Å². The summed E-state index contributed by atoms with van der Waals surface area (Å²) in [5.74, 6) is 2.59. The molecule has 6 heteroatoms. The summed E-state index contributed by atoms with van der Waals surface area (Å²) >= 11 is 3.74. The molecule has 1 heterocycles. The summed E-state index contributed by atoms with van der Waals surface area (Å²) in [4.78, 5) is 9.86. The van der Waals surface area contributed by atoms with Crippen LogP contribution >= 0.6 is 34.4 Å². The van der Waals surface area contributed by atoms with Gasteiger partial charge in [-0.2, -0.15) is 0 Å². The van der Waals surface area contributed by atoms with Crippen molar-refractivity contribution in [1.82, 2.24) is 9.97 Å². The average molecular weight is 415 g/mol. The Hall–Kier alpha value is -0.890. The van der Waals surface area contributed by atoms with Gasteiger partial charge in [0.05, 0.1) is 15.0 Å². The molecule has 1 aromatic heterocycles. The minimum absolute atomic E-state index is 0.190. The largest absolute Gasteiger partial charge is 0.372 e. The molecule has 0 atom stereocenters. The van der Waals surface area contributed by atoms with E-state index in [1.54, 1.807) is 12.1 Å². The van der Waals surface area contributed by atoms with Gasteiger partial charge in [-0.15, -0.1) is 11.8 Å². The maximum Gasteiger partial charge on any atom is 0.143 e. The van der Waals surface area contributed by atoms with Gasteiger partial charge in [-0.3, -0.25) is 0 Å². The number of anilines is 1. The van der Waals surface area contributed by atoms with Gasteiger partial charge in [-0.05, 0) is 47.6 Å². The first-order valence-corrected chi connectivity index (χ1v) is 8.87. The van der Waals surface area contributed by atoms with Gasteiger partial charge in [-0.25, -0.2) is 14.4 Å². The minimum atomic E-state index is -0.190. The number of aromatic nitrogens is 2. The molecule has 1 fully saturated rings. The quantitative estimate of drug-likeness (QED) is 0.579. The summed E-state index contributed by atoms with van der Waals surface area (Å²) in [6, 6.07) is 6.80. The zero-order chi connectivity index (χ0) is 14.8. The summed E-state index contributed by atoms with van der Waals surface area (Å²) in [7, 11) is 1.87. The number of rotatable bonds is 5. The van der Waals surface area contributed by atoms with E-state index in [0.29, 0.717) is 16.6 Å².